The van der Waals surface area contributed by atoms with Gasteiger partial charge in [0.2, 0.25) is 0 Å². The summed E-state index contributed by atoms with van der Waals surface area (Å²) in [5, 5.41) is 22.6. The van der Waals surface area contributed by atoms with E-state index >= 15 is 0 Å². The number of benzene rings is 1. The van der Waals surface area contributed by atoms with Gasteiger partial charge in [-0.1, -0.05) is 0 Å². The van der Waals surface area contributed by atoms with Crippen LogP contribution in [0, 0.1) is 0 Å². The van der Waals surface area contributed by atoms with E-state index in [1.54, 1.807) is 12.1 Å². The van der Waals surface area contributed by atoms with Crippen LogP contribution < -0.4 is 15.7 Å². The molecule has 1 amide bonds. The number of rotatable bonds is 7. The SMILES string of the molecule is COc1ccc(C(=O)Nc2ccn([C@@H]3O[C@H](COP(=O)(O)O)[C@@H](O)[C@H]3O)c(=O)n2)cc1. The summed E-state index contributed by atoms with van der Waals surface area (Å²) < 4.78 is 26.3. The molecule has 0 bridgehead atoms. The van der Waals surface area contributed by atoms with E-state index in [1.807, 2.05) is 0 Å². The molecule has 1 aromatic carbocycles. The molecular weight excluding hydrogens is 437 g/mol. The molecule has 5 N–H and O–H groups in total. The number of aromatic nitrogens is 2. The van der Waals surface area contributed by atoms with Crippen LogP contribution in [0.4, 0.5) is 5.82 Å². The van der Waals surface area contributed by atoms with E-state index < -0.39 is 50.6 Å². The highest BCUT2D eigenvalue weighted by atomic mass is 31.2. The molecule has 2 heterocycles. The molecule has 1 saturated heterocycles. The average molecular weight is 457 g/mol. The summed E-state index contributed by atoms with van der Waals surface area (Å²) in [6.45, 7) is -0.711. The van der Waals surface area contributed by atoms with Crippen molar-refractivity contribution in [1.82, 2.24) is 9.55 Å². The summed E-state index contributed by atoms with van der Waals surface area (Å²) in [5.41, 5.74) is -0.599. The molecule has 1 aliphatic rings. The van der Waals surface area contributed by atoms with Crippen LogP contribution in [0.3, 0.4) is 0 Å². The smallest absolute Gasteiger partial charge is 0.469 e. The number of nitrogens with zero attached hydrogens (tertiary/aromatic N) is 2. The van der Waals surface area contributed by atoms with E-state index in [1.165, 1.54) is 31.5 Å². The van der Waals surface area contributed by atoms with Crippen molar-refractivity contribution < 1.29 is 43.4 Å². The number of ether oxygens (including phenoxy) is 2. The number of carbonyl (C=O) groups excluding carboxylic acids is 1. The zero-order valence-corrected chi connectivity index (χ0v) is 17.0. The molecule has 1 aromatic heterocycles. The Balaban J connectivity index is 1.70. The van der Waals surface area contributed by atoms with Crippen molar-refractivity contribution in [2.75, 3.05) is 19.0 Å². The Morgan fingerprint density at radius 3 is 2.48 bits per heavy atom. The standard InChI is InChI=1S/C17H20N3O10P/c1-28-10-4-2-9(3-5-10)15(23)18-12-6-7-20(17(24)19-12)16-14(22)13(21)11(30-16)8-29-31(25,26)27/h2-7,11,13-14,16,21-22H,8H2,1H3,(H2,25,26,27)(H,18,19,23,24)/t11-,13-,14-,16-/m1/s1. The molecule has 0 radical (unpaired) electrons. The Morgan fingerprint density at radius 1 is 1.23 bits per heavy atom. The number of phosphoric ester groups is 1. The van der Waals surface area contributed by atoms with E-state index in [2.05, 4.69) is 14.8 Å². The summed E-state index contributed by atoms with van der Waals surface area (Å²) in [7, 11) is -3.33. The van der Waals surface area contributed by atoms with Gasteiger partial charge in [-0.2, -0.15) is 4.98 Å². The average Bonchev–Trinajstić information content (AvgIpc) is 3.00. The van der Waals surface area contributed by atoms with E-state index in [-0.39, 0.29) is 5.82 Å². The maximum atomic E-state index is 12.4. The van der Waals surface area contributed by atoms with Gasteiger partial charge in [0, 0.05) is 11.8 Å². The Kier molecular flexibility index (Phi) is 6.86. The van der Waals surface area contributed by atoms with Crippen molar-refractivity contribution in [3.8, 4) is 5.75 Å². The Morgan fingerprint density at radius 2 is 1.90 bits per heavy atom. The number of phosphoric acid groups is 1. The molecule has 0 saturated carbocycles. The van der Waals surface area contributed by atoms with Gasteiger partial charge in [0.25, 0.3) is 5.91 Å². The Bertz CT molecular complexity index is 1040. The number of anilines is 1. The van der Waals surface area contributed by atoms with Gasteiger partial charge in [0.05, 0.1) is 13.7 Å². The molecule has 0 unspecified atom stereocenters. The predicted molar refractivity (Wildman–Crippen MR) is 103 cm³/mol. The second-order valence-corrected chi connectivity index (χ2v) is 7.76. The van der Waals surface area contributed by atoms with Gasteiger partial charge in [0.1, 0.15) is 29.9 Å². The molecule has 14 heteroatoms. The van der Waals surface area contributed by atoms with Crippen molar-refractivity contribution in [2.45, 2.75) is 24.5 Å². The van der Waals surface area contributed by atoms with Gasteiger partial charge in [-0.3, -0.25) is 13.9 Å². The van der Waals surface area contributed by atoms with Gasteiger partial charge in [-0.05, 0) is 30.3 Å². The summed E-state index contributed by atoms with van der Waals surface area (Å²) in [6.07, 6.45) is -4.66. The van der Waals surface area contributed by atoms with Crippen LogP contribution in [-0.4, -0.2) is 67.5 Å². The van der Waals surface area contributed by atoms with E-state index in [4.69, 9.17) is 19.3 Å². The summed E-state index contributed by atoms with van der Waals surface area (Å²) in [6, 6.07) is 7.53. The molecular formula is C17H20N3O10P. The van der Waals surface area contributed by atoms with Crippen LogP contribution in [0.25, 0.3) is 0 Å². The second kappa shape index (κ2) is 9.24. The largest absolute Gasteiger partial charge is 0.497 e. The molecule has 2 aromatic rings. The third-order valence-corrected chi connectivity index (χ3v) is 4.93. The van der Waals surface area contributed by atoms with Crippen molar-refractivity contribution in [2.24, 2.45) is 0 Å². The molecule has 13 nitrogen and oxygen atoms in total. The van der Waals surface area contributed by atoms with Crippen LogP contribution in [0.1, 0.15) is 16.6 Å². The number of hydrogen-bond donors (Lipinski definition) is 5. The summed E-state index contributed by atoms with van der Waals surface area (Å²) in [5.74, 6) is -0.00917. The van der Waals surface area contributed by atoms with Crippen LogP contribution >= 0.6 is 7.82 Å². The second-order valence-electron chi connectivity index (χ2n) is 6.52. The highest BCUT2D eigenvalue weighted by Crippen LogP contribution is 2.38. The first-order valence-electron chi connectivity index (χ1n) is 8.85. The Labute approximate surface area is 175 Å². The van der Waals surface area contributed by atoms with Crippen molar-refractivity contribution in [1.29, 1.82) is 0 Å². The van der Waals surface area contributed by atoms with E-state index in [9.17, 15) is 24.4 Å². The van der Waals surface area contributed by atoms with Crippen molar-refractivity contribution in [3.63, 3.8) is 0 Å². The number of methoxy groups -OCH3 is 1. The zero-order chi connectivity index (χ0) is 22.8. The van der Waals surface area contributed by atoms with Crippen LogP contribution in [0.2, 0.25) is 0 Å². The van der Waals surface area contributed by atoms with Gasteiger partial charge in [-0.25, -0.2) is 9.36 Å². The molecule has 1 aliphatic heterocycles. The fraction of sp³-hybridized carbons (Fsp3) is 0.353. The lowest BCUT2D eigenvalue weighted by atomic mass is 10.1. The van der Waals surface area contributed by atoms with Gasteiger partial charge in [-0.15, -0.1) is 0 Å². The number of aliphatic hydroxyl groups is 2. The topological polar surface area (TPSA) is 190 Å². The maximum Gasteiger partial charge on any atom is 0.469 e. The van der Waals surface area contributed by atoms with Crippen LogP contribution in [0.15, 0.2) is 41.3 Å². The van der Waals surface area contributed by atoms with Crippen LogP contribution in [0.5, 0.6) is 5.75 Å². The minimum absolute atomic E-state index is 0.0588. The van der Waals surface area contributed by atoms with Crippen LogP contribution in [-0.2, 0) is 13.8 Å². The first-order valence-corrected chi connectivity index (χ1v) is 10.4. The molecule has 1 fully saturated rings. The molecule has 0 spiro atoms. The monoisotopic (exact) mass is 457 g/mol. The predicted octanol–water partition coefficient (Wildman–Crippen LogP) is -0.767. The van der Waals surface area contributed by atoms with Gasteiger partial charge >= 0.3 is 13.5 Å². The highest BCUT2D eigenvalue weighted by Gasteiger charge is 2.45. The lowest BCUT2D eigenvalue weighted by molar-refractivity contribution is -0.0542. The van der Waals surface area contributed by atoms with Crippen molar-refractivity contribution in [3.05, 3.63) is 52.6 Å². The maximum absolute atomic E-state index is 12.4. The number of nitrogens with one attached hydrogen (secondary N) is 1. The van der Waals surface area contributed by atoms with Gasteiger partial charge < -0.3 is 34.8 Å². The molecule has 0 aliphatic carbocycles. The first-order chi connectivity index (χ1) is 14.6. The lowest BCUT2D eigenvalue weighted by Crippen LogP contribution is -2.36. The highest BCUT2D eigenvalue weighted by molar-refractivity contribution is 7.46. The fourth-order valence-corrected chi connectivity index (χ4v) is 3.22. The van der Waals surface area contributed by atoms with E-state index in [0.29, 0.717) is 11.3 Å². The lowest BCUT2D eigenvalue weighted by Gasteiger charge is -2.17. The number of carbonyl (C=O) groups is 1. The summed E-state index contributed by atoms with van der Waals surface area (Å²) in [4.78, 5) is 45.9. The quantitative estimate of drug-likeness (QED) is 0.328. The molecule has 3 rings (SSSR count). The van der Waals surface area contributed by atoms with Crippen molar-refractivity contribution >= 4 is 19.5 Å². The minimum atomic E-state index is -4.82. The zero-order valence-electron chi connectivity index (χ0n) is 16.1. The Hall–Kier alpha value is -2.64. The molecule has 168 valence electrons. The molecule has 31 heavy (non-hydrogen) atoms. The molecule has 4 atom stereocenters. The number of aliphatic hydroxyl groups excluding tert-OH is 2. The first kappa shape index (κ1) is 23.0. The third-order valence-electron chi connectivity index (χ3n) is 4.44. The summed E-state index contributed by atoms with van der Waals surface area (Å²) >= 11 is 0. The van der Waals surface area contributed by atoms with E-state index in [0.717, 1.165) is 4.57 Å². The number of hydrogen-bond acceptors (Lipinski definition) is 9. The van der Waals surface area contributed by atoms with Gasteiger partial charge in [0.15, 0.2) is 6.23 Å². The normalized spacial score (nSPS) is 23.5. The number of amides is 1. The third kappa shape index (κ3) is 5.54. The fourth-order valence-electron chi connectivity index (χ4n) is 2.87. The minimum Gasteiger partial charge on any atom is -0.497 e.